The van der Waals surface area contributed by atoms with E-state index in [1.807, 2.05) is 0 Å². The van der Waals surface area contributed by atoms with Gasteiger partial charge in [0.15, 0.2) is 0 Å². The van der Waals surface area contributed by atoms with E-state index in [0.29, 0.717) is 0 Å². The summed E-state index contributed by atoms with van der Waals surface area (Å²) < 4.78 is 2.51. The highest BCUT2D eigenvalue weighted by atomic mass is 127. The molecule has 0 heterocycles. The Bertz CT molecular complexity index is 588. The first-order chi connectivity index (χ1) is 9.12. The zero-order chi connectivity index (χ0) is 13.6. The number of hydrogen-bond acceptors (Lipinski definition) is 0. The molecule has 0 spiro atoms. The van der Waals surface area contributed by atoms with Crippen molar-refractivity contribution in [2.75, 3.05) is 0 Å². The Hall–Kier alpha value is -0.350. The van der Waals surface area contributed by atoms with Crippen molar-refractivity contribution in [2.24, 2.45) is 0 Å². The summed E-state index contributed by atoms with van der Waals surface area (Å²) in [5, 5.41) is 0. The van der Waals surface area contributed by atoms with Crippen LogP contribution >= 0.6 is 38.5 Å². The third-order valence-corrected chi connectivity index (χ3v) is 5.66. The van der Waals surface area contributed by atoms with Crippen molar-refractivity contribution < 1.29 is 0 Å². The van der Waals surface area contributed by atoms with Crippen LogP contribution in [-0.2, 0) is 5.41 Å². The Balaban J connectivity index is 2.38. The van der Waals surface area contributed by atoms with Crippen molar-refractivity contribution in [1.29, 1.82) is 0 Å². The van der Waals surface area contributed by atoms with Crippen molar-refractivity contribution in [3.05, 3.63) is 55.6 Å². The molecule has 98 valence electrons. The van der Waals surface area contributed by atoms with Crippen LogP contribution in [0.1, 0.15) is 37.8 Å². The molecule has 3 rings (SSSR count). The average molecular weight is 427 g/mol. The van der Waals surface area contributed by atoms with Crippen LogP contribution in [0.4, 0.5) is 0 Å². The number of fused-ring (bicyclic) bond motifs is 3. The Kier molecular flexibility index (Phi) is 3.50. The summed E-state index contributed by atoms with van der Waals surface area (Å²) in [4.78, 5) is 0. The molecule has 0 atom stereocenters. The summed E-state index contributed by atoms with van der Waals surface area (Å²) in [5.41, 5.74) is 6.03. The second-order valence-corrected chi connectivity index (χ2v) is 7.33. The minimum absolute atomic E-state index is 0.190. The maximum atomic E-state index is 3.63. The molecule has 0 bridgehead atoms. The largest absolute Gasteiger partial charge is 0.0642 e. The predicted molar refractivity (Wildman–Crippen MR) is 93.7 cm³/mol. The van der Waals surface area contributed by atoms with E-state index < -0.39 is 0 Å². The summed E-state index contributed by atoms with van der Waals surface area (Å²) in [5.74, 6) is 0. The number of benzene rings is 2. The average Bonchev–Trinajstić information content (AvgIpc) is 2.67. The molecule has 0 unspecified atom stereocenters. The Morgan fingerprint density at radius 1 is 0.947 bits per heavy atom. The molecule has 0 N–H and O–H groups in total. The molecule has 0 nitrogen and oxygen atoms in total. The van der Waals surface area contributed by atoms with Gasteiger partial charge in [-0.2, -0.15) is 0 Å². The van der Waals surface area contributed by atoms with Crippen LogP contribution in [0.15, 0.2) is 40.9 Å². The normalized spacial score (nSPS) is 15.2. The lowest BCUT2D eigenvalue weighted by Gasteiger charge is -2.29. The molecule has 2 heteroatoms. The fourth-order valence-corrected chi connectivity index (χ4v) is 4.30. The lowest BCUT2D eigenvalue weighted by molar-refractivity contribution is 0.490. The molecule has 1 aliphatic rings. The summed E-state index contributed by atoms with van der Waals surface area (Å²) >= 11 is 6.05. The molecule has 19 heavy (non-hydrogen) atoms. The minimum atomic E-state index is 0.190. The third-order valence-electron chi connectivity index (χ3n) is 4.49. The predicted octanol–water partition coefficient (Wildman–Crippen LogP) is 6.14. The van der Waals surface area contributed by atoms with Gasteiger partial charge in [0, 0.05) is 13.5 Å². The maximum Gasteiger partial charge on any atom is 0.0210 e. The van der Waals surface area contributed by atoms with E-state index in [1.54, 1.807) is 0 Å². The first-order valence-electron chi connectivity index (χ1n) is 6.73. The van der Waals surface area contributed by atoms with Crippen LogP contribution in [0.5, 0.6) is 0 Å². The topological polar surface area (TPSA) is 0 Å². The van der Waals surface area contributed by atoms with E-state index in [2.05, 4.69) is 88.8 Å². The van der Waals surface area contributed by atoms with E-state index in [-0.39, 0.29) is 5.41 Å². The van der Waals surface area contributed by atoms with Gasteiger partial charge in [-0.25, -0.2) is 0 Å². The summed E-state index contributed by atoms with van der Waals surface area (Å²) in [6, 6.07) is 13.6. The number of rotatable bonds is 2. The van der Waals surface area contributed by atoms with Gasteiger partial charge in [-0.3, -0.25) is 0 Å². The van der Waals surface area contributed by atoms with E-state index in [1.165, 1.54) is 30.3 Å². The molecular formula is C17H16BrI. The van der Waals surface area contributed by atoms with Crippen molar-refractivity contribution in [3.63, 3.8) is 0 Å². The third kappa shape index (κ3) is 1.90. The van der Waals surface area contributed by atoms with Crippen LogP contribution in [0.25, 0.3) is 11.1 Å². The SMILES string of the molecule is CCC1(CC)c2cc(Br)ccc2-c2ccc(I)cc21. The summed E-state index contributed by atoms with van der Waals surface area (Å²) in [6.07, 6.45) is 2.31. The van der Waals surface area contributed by atoms with Gasteiger partial charge in [0.25, 0.3) is 0 Å². The molecule has 2 aromatic carbocycles. The van der Waals surface area contributed by atoms with Crippen molar-refractivity contribution in [3.8, 4) is 11.1 Å². The van der Waals surface area contributed by atoms with Gasteiger partial charge in [0.1, 0.15) is 0 Å². The smallest absolute Gasteiger partial charge is 0.0210 e. The lowest BCUT2D eigenvalue weighted by Crippen LogP contribution is -2.23. The molecule has 0 radical (unpaired) electrons. The van der Waals surface area contributed by atoms with Crippen molar-refractivity contribution >= 4 is 38.5 Å². The first kappa shape index (κ1) is 13.6. The second-order valence-electron chi connectivity index (χ2n) is 5.17. The molecule has 0 aromatic heterocycles. The van der Waals surface area contributed by atoms with Crippen LogP contribution in [0.2, 0.25) is 0 Å². The van der Waals surface area contributed by atoms with Gasteiger partial charge in [-0.15, -0.1) is 0 Å². The van der Waals surface area contributed by atoms with E-state index in [9.17, 15) is 0 Å². The van der Waals surface area contributed by atoms with Crippen molar-refractivity contribution in [1.82, 2.24) is 0 Å². The second kappa shape index (κ2) is 4.88. The van der Waals surface area contributed by atoms with E-state index in [4.69, 9.17) is 0 Å². The minimum Gasteiger partial charge on any atom is -0.0642 e. The standard InChI is InChI=1S/C17H16BrI/c1-3-17(4-2)15-9-11(18)5-7-13(15)14-8-6-12(19)10-16(14)17/h5-10H,3-4H2,1-2H3. The fourth-order valence-electron chi connectivity index (χ4n) is 3.45. The lowest BCUT2D eigenvalue weighted by atomic mass is 9.74. The zero-order valence-corrected chi connectivity index (χ0v) is 14.9. The molecule has 0 aliphatic heterocycles. The highest BCUT2D eigenvalue weighted by molar-refractivity contribution is 14.1. The zero-order valence-electron chi connectivity index (χ0n) is 11.1. The molecular weight excluding hydrogens is 411 g/mol. The number of hydrogen-bond donors (Lipinski definition) is 0. The van der Waals surface area contributed by atoms with Gasteiger partial charge in [0.05, 0.1) is 0 Å². The summed E-state index contributed by atoms with van der Waals surface area (Å²) in [6.45, 7) is 4.62. The maximum absolute atomic E-state index is 3.63. The van der Waals surface area contributed by atoms with E-state index in [0.717, 1.165) is 12.8 Å². The van der Waals surface area contributed by atoms with Crippen LogP contribution < -0.4 is 0 Å². The van der Waals surface area contributed by atoms with E-state index >= 15 is 0 Å². The van der Waals surface area contributed by atoms with Crippen molar-refractivity contribution in [2.45, 2.75) is 32.1 Å². The monoisotopic (exact) mass is 426 g/mol. The molecule has 0 saturated heterocycles. The molecule has 0 fully saturated rings. The molecule has 1 aliphatic carbocycles. The van der Waals surface area contributed by atoms with Gasteiger partial charge >= 0.3 is 0 Å². The van der Waals surface area contributed by atoms with Gasteiger partial charge in [0.2, 0.25) is 0 Å². The number of halogens is 2. The quantitative estimate of drug-likeness (QED) is 0.506. The van der Waals surface area contributed by atoms with Gasteiger partial charge in [-0.05, 0) is 82.0 Å². The fraction of sp³-hybridized carbons (Fsp3) is 0.294. The highest BCUT2D eigenvalue weighted by Gasteiger charge is 2.40. The summed E-state index contributed by atoms with van der Waals surface area (Å²) in [7, 11) is 0. The first-order valence-corrected chi connectivity index (χ1v) is 8.60. The van der Waals surface area contributed by atoms with Crippen LogP contribution in [-0.4, -0.2) is 0 Å². The Morgan fingerprint density at radius 3 is 2.16 bits per heavy atom. The molecule has 0 amide bonds. The Labute approximate surface area is 136 Å². The Morgan fingerprint density at radius 2 is 1.53 bits per heavy atom. The molecule has 0 saturated carbocycles. The van der Waals surface area contributed by atoms with Gasteiger partial charge in [-0.1, -0.05) is 41.9 Å². The molecule has 2 aromatic rings. The van der Waals surface area contributed by atoms with Crippen LogP contribution in [0, 0.1) is 3.57 Å². The van der Waals surface area contributed by atoms with Crippen LogP contribution in [0.3, 0.4) is 0 Å². The highest BCUT2D eigenvalue weighted by Crippen LogP contribution is 2.53. The van der Waals surface area contributed by atoms with Gasteiger partial charge < -0.3 is 0 Å².